The van der Waals surface area contributed by atoms with Crippen molar-refractivity contribution in [2.75, 3.05) is 6.61 Å². The number of ether oxygens (including phenoxy) is 1. The molecule has 0 saturated heterocycles. The molecule has 0 aliphatic heterocycles. The van der Waals surface area contributed by atoms with E-state index in [1.165, 1.54) is 0 Å². The molecule has 0 fully saturated rings. The summed E-state index contributed by atoms with van der Waals surface area (Å²) in [6.07, 6.45) is 2.02. The van der Waals surface area contributed by atoms with E-state index in [1.54, 1.807) is 30.3 Å². The number of hydrogen-bond donors (Lipinski definition) is 1. The van der Waals surface area contributed by atoms with Crippen LogP contribution in [0.5, 0.6) is 5.75 Å². The molecule has 0 N–H and O–H groups in total. The third-order valence-electron chi connectivity index (χ3n) is 2.20. The van der Waals surface area contributed by atoms with Crippen LogP contribution in [-0.4, -0.2) is 20.7 Å². The van der Waals surface area contributed by atoms with Crippen molar-refractivity contribution in [1.82, 2.24) is 0 Å². The minimum absolute atomic E-state index is 0.112. The van der Waals surface area contributed by atoms with Gasteiger partial charge in [0.1, 0.15) is 11.8 Å². The van der Waals surface area contributed by atoms with E-state index in [9.17, 15) is 8.42 Å². The van der Waals surface area contributed by atoms with Crippen molar-refractivity contribution in [1.29, 1.82) is 5.26 Å². The van der Waals surface area contributed by atoms with Gasteiger partial charge in [-0.15, -0.1) is 0 Å². The Labute approximate surface area is 113 Å². The second kappa shape index (κ2) is 8.11. The van der Waals surface area contributed by atoms with Crippen LogP contribution in [0.1, 0.15) is 25.3 Å². The predicted molar refractivity (Wildman–Crippen MR) is 70.4 cm³/mol. The van der Waals surface area contributed by atoms with Gasteiger partial charge in [0.25, 0.3) is 0 Å². The van der Waals surface area contributed by atoms with Gasteiger partial charge in [0.15, 0.2) is 5.71 Å². The fourth-order valence-electron chi connectivity index (χ4n) is 1.26. The molecule has 0 aromatic heterocycles. The number of rotatable bonds is 7. The van der Waals surface area contributed by atoms with E-state index in [4.69, 9.17) is 10.00 Å². The fraction of sp³-hybridized carbons (Fsp3) is 0.333. The highest BCUT2D eigenvalue weighted by atomic mass is 32.2. The summed E-state index contributed by atoms with van der Waals surface area (Å²) in [6.45, 7) is 2.71. The minimum atomic E-state index is -3.11. The Bertz CT molecular complexity index is 536. The van der Waals surface area contributed by atoms with Crippen LogP contribution in [0.4, 0.5) is 0 Å². The highest BCUT2D eigenvalue weighted by Crippen LogP contribution is 2.13. The van der Waals surface area contributed by atoms with E-state index >= 15 is 0 Å². The molecule has 1 rings (SSSR count). The van der Waals surface area contributed by atoms with Crippen LogP contribution < -0.4 is 4.74 Å². The largest absolute Gasteiger partial charge is 0.494 e. The molecule has 0 bridgehead atoms. The summed E-state index contributed by atoms with van der Waals surface area (Å²) in [5, 5.41) is 12.1. The number of nitriles is 1. The van der Waals surface area contributed by atoms with Gasteiger partial charge < -0.3 is 4.74 Å². The Balaban J connectivity index is 2.74. The van der Waals surface area contributed by atoms with Gasteiger partial charge in [0.2, 0.25) is 0 Å². The average molecular weight is 282 g/mol. The zero-order valence-electron chi connectivity index (χ0n) is 10.4. The zero-order chi connectivity index (χ0) is 14.1. The topological polar surface area (TPSA) is 88.8 Å². The van der Waals surface area contributed by atoms with Crippen LogP contribution in [0.25, 0.3) is 0 Å². The van der Waals surface area contributed by atoms with E-state index in [2.05, 4.69) is 16.4 Å². The van der Waals surface area contributed by atoms with Crippen molar-refractivity contribution in [3.05, 3.63) is 29.8 Å². The molecule has 0 aliphatic carbocycles. The molecule has 6 nitrogen and oxygen atoms in total. The monoisotopic (exact) mass is 282 g/mol. The Morgan fingerprint density at radius 2 is 2.05 bits per heavy atom. The van der Waals surface area contributed by atoms with Crippen LogP contribution in [0.2, 0.25) is 0 Å². The van der Waals surface area contributed by atoms with E-state index in [0.29, 0.717) is 17.9 Å². The minimum Gasteiger partial charge on any atom is -0.494 e. The number of unbranched alkanes of at least 4 members (excludes halogenated alkanes) is 1. The lowest BCUT2D eigenvalue weighted by atomic mass is 10.1. The molecule has 0 heterocycles. The maximum atomic E-state index is 10.2. The van der Waals surface area contributed by atoms with E-state index in [-0.39, 0.29) is 5.71 Å². The third kappa shape index (κ3) is 5.40. The van der Waals surface area contributed by atoms with Crippen LogP contribution in [0.15, 0.2) is 29.4 Å². The molecule has 0 radical (unpaired) electrons. The Morgan fingerprint density at radius 3 is 2.58 bits per heavy atom. The second-order valence-electron chi connectivity index (χ2n) is 3.58. The summed E-state index contributed by atoms with van der Waals surface area (Å²) >= 11 is 0. The molecule has 0 unspecified atom stereocenters. The highest BCUT2D eigenvalue weighted by Gasteiger charge is 2.04. The molecule has 1 aromatic carbocycles. The maximum absolute atomic E-state index is 10.2. The second-order valence-corrected chi connectivity index (χ2v) is 4.19. The van der Waals surface area contributed by atoms with Crippen LogP contribution in [-0.2, 0) is 15.3 Å². The molecular formula is C12H14N2O4S. The zero-order valence-corrected chi connectivity index (χ0v) is 11.3. The molecule has 102 valence electrons. The molecule has 0 spiro atoms. The van der Waals surface area contributed by atoms with Crippen molar-refractivity contribution in [3.8, 4) is 11.8 Å². The Kier molecular flexibility index (Phi) is 6.39. The summed E-state index contributed by atoms with van der Waals surface area (Å²) in [6, 6.07) is 8.37. The molecule has 0 saturated carbocycles. The normalized spacial score (nSPS) is 11.1. The van der Waals surface area contributed by atoms with Gasteiger partial charge >= 0.3 is 11.0 Å². The van der Waals surface area contributed by atoms with E-state index < -0.39 is 11.0 Å². The lowest BCUT2D eigenvalue weighted by Gasteiger charge is -2.05. The number of oxime groups is 1. The SMILES string of the molecule is CCCCOc1ccc(/C(C#N)=N/O[SH](=O)=O)cc1. The maximum Gasteiger partial charge on any atom is 0.318 e. The van der Waals surface area contributed by atoms with E-state index in [0.717, 1.165) is 12.8 Å². The average Bonchev–Trinajstić information content (AvgIpc) is 2.41. The molecule has 0 aliphatic rings. The number of hydrogen-bond acceptors (Lipinski definition) is 6. The van der Waals surface area contributed by atoms with Gasteiger partial charge in [-0.25, -0.2) is 0 Å². The van der Waals surface area contributed by atoms with Crippen LogP contribution in [0, 0.1) is 11.3 Å². The molecule has 0 amide bonds. The predicted octanol–water partition coefficient (Wildman–Crippen LogP) is 1.64. The first-order chi connectivity index (χ1) is 9.17. The molecule has 19 heavy (non-hydrogen) atoms. The first kappa shape index (κ1) is 15.0. The standard InChI is InChI=1S/C12H14N2O4S/c1-2-3-8-17-11-6-4-10(5-7-11)12(9-13)14-18-19(15)16/h4-7,19H,2-3,8H2,1H3/b14-12+. The van der Waals surface area contributed by atoms with Crippen molar-refractivity contribution < 1.29 is 17.4 Å². The number of thiol groups is 1. The smallest absolute Gasteiger partial charge is 0.318 e. The lowest BCUT2D eigenvalue weighted by Crippen LogP contribution is -2.00. The summed E-state index contributed by atoms with van der Waals surface area (Å²) < 4.78 is 30.0. The summed E-state index contributed by atoms with van der Waals surface area (Å²) in [4.78, 5) is 0. The third-order valence-corrected chi connectivity index (χ3v) is 2.41. The fourth-order valence-corrected chi connectivity index (χ4v) is 1.40. The van der Waals surface area contributed by atoms with Crippen molar-refractivity contribution in [3.63, 3.8) is 0 Å². The molecule has 0 atom stereocenters. The van der Waals surface area contributed by atoms with Gasteiger partial charge in [-0.3, -0.25) is 4.28 Å². The number of nitrogens with zero attached hydrogens (tertiary/aromatic N) is 2. The summed E-state index contributed by atoms with van der Waals surface area (Å²) in [5.41, 5.74) is 0.349. The van der Waals surface area contributed by atoms with Crippen molar-refractivity contribution in [2.45, 2.75) is 19.8 Å². The number of benzene rings is 1. The van der Waals surface area contributed by atoms with Crippen molar-refractivity contribution >= 4 is 16.7 Å². The van der Waals surface area contributed by atoms with Gasteiger partial charge in [0, 0.05) is 5.56 Å². The molecule has 1 aromatic rings. The molecular weight excluding hydrogens is 268 g/mol. The van der Waals surface area contributed by atoms with Crippen molar-refractivity contribution in [2.24, 2.45) is 5.16 Å². The summed E-state index contributed by atoms with van der Waals surface area (Å²) in [5.74, 6) is 0.685. The highest BCUT2D eigenvalue weighted by molar-refractivity contribution is 7.67. The van der Waals surface area contributed by atoms with Gasteiger partial charge in [-0.05, 0) is 30.7 Å². The van der Waals surface area contributed by atoms with Crippen LogP contribution in [0.3, 0.4) is 0 Å². The first-order valence-corrected chi connectivity index (χ1v) is 6.79. The van der Waals surface area contributed by atoms with Gasteiger partial charge in [0.05, 0.1) is 6.61 Å². The van der Waals surface area contributed by atoms with Gasteiger partial charge in [-0.1, -0.05) is 18.5 Å². The summed E-state index contributed by atoms with van der Waals surface area (Å²) in [7, 11) is -3.11. The van der Waals surface area contributed by atoms with Crippen LogP contribution >= 0.6 is 0 Å². The first-order valence-electron chi connectivity index (χ1n) is 5.70. The van der Waals surface area contributed by atoms with Gasteiger partial charge in [-0.2, -0.15) is 13.7 Å². The Morgan fingerprint density at radius 1 is 1.37 bits per heavy atom. The van der Waals surface area contributed by atoms with E-state index in [1.807, 2.05) is 0 Å². The quantitative estimate of drug-likeness (QED) is 0.355. The lowest BCUT2D eigenvalue weighted by molar-refractivity contribution is 0.309. The Hall–Kier alpha value is -2.07. The molecule has 7 heteroatoms.